The Morgan fingerprint density at radius 2 is 1.08 bits per heavy atom. The first-order valence-corrected chi connectivity index (χ1v) is 7.86. The SMILES string of the molecule is CN(C)P(C)(=O)OP(C)(=O)N(C)C. The third-order valence-electron chi connectivity index (χ3n) is 1.76. The molecule has 0 spiro atoms. The summed E-state index contributed by atoms with van der Waals surface area (Å²) in [6.45, 7) is 2.90. The van der Waals surface area contributed by atoms with Crippen molar-refractivity contribution in [2.45, 2.75) is 0 Å². The molecule has 0 heterocycles. The van der Waals surface area contributed by atoms with Crippen molar-refractivity contribution in [2.75, 3.05) is 41.5 Å². The molecule has 0 amide bonds. The molecule has 0 aromatic carbocycles. The van der Waals surface area contributed by atoms with Gasteiger partial charge in [-0.1, -0.05) is 0 Å². The molecule has 0 bridgehead atoms. The van der Waals surface area contributed by atoms with E-state index in [-0.39, 0.29) is 0 Å². The van der Waals surface area contributed by atoms with Gasteiger partial charge in [0.25, 0.3) is 15.0 Å². The van der Waals surface area contributed by atoms with Crippen molar-refractivity contribution in [1.82, 2.24) is 9.34 Å². The Kier molecular flexibility index (Phi) is 4.35. The summed E-state index contributed by atoms with van der Waals surface area (Å²) in [6.07, 6.45) is 0. The van der Waals surface area contributed by atoms with Gasteiger partial charge in [-0.15, -0.1) is 0 Å². The van der Waals surface area contributed by atoms with E-state index in [1.54, 1.807) is 28.2 Å². The zero-order valence-corrected chi connectivity index (χ0v) is 10.8. The highest BCUT2D eigenvalue weighted by molar-refractivity contribution is 7.68. The third-order valence-corrected chi connectivity index (χ3v) is 7.09. The van der Waals surface area contributed by atoms with E-state index in [1.165, 1.54) is 22.7 Å². The van der Waals surface area contributed by atoms with Gasteiger partial charge in [-0.25, -0.2) is 13.7 Å². The maximum Gasteiger partial charge on any atom is 0.275 e. The summed E-state index contributed by atoms with van der Waals surface area (Å²) in [5.74, 6) is 0. The summed E-state index contributed by atoms with van der Waals surface area (Å²) in [6, 6.07) is 0. The van der Waals surface area contributed by atoms with Gasteiger partial charge in [-0.05, 0) is 28.2 Å². The monoisotopic (exact) mass is 228 g/mol. The van der Waals surface area contributed by atoms with E-state index in [9.17, 15) is 9.13 Å². The Labute approximate surface area is 80.1 Å². The Morgan fingerprint density at radius 1 is 0.846 bits per heavy atom. The van der Waals surface area contributed by atoms with E-state index in [4.69, 9.17) is 4.31 Å². The molecule has 0 radical (unpaired) electrons. The molecule has 0 saturated carbocycles. The molecule has 0 aliphatic carbocycles. The van der Waals surface area contributed by atoms with E-state index < -0.39 is 15.0 Å². The first-order valence-electron chi connectivity index (χ1n) is 3.81. The fraction of sp³-hybridized carbons (Fsp3) is 1.00. The molecule has 0 aliphatic rings. The first-order chi connectivity index (χ1) is 5.59. The van der Waals surface area contributed by atoms with Gasteiger partial charge in [-0.2, -0.15) is 0 Å². The summed E-state index contributed by atoms with van der Waals surface area (Å²) in [5, 5.41) is 0. The maximum atomic E-state index is 11.7. The van der Waals surface area contributed by atoms with Crippen LogP contribution in [-0.4, -0.2) is 50.9 Å². The van der Waals surface area contributed by atoms with E-state index in [1.807, 2.05) is 0 Å². The highest BCUT2D eigenvalue weighted by atomic mass is 31.2. The van der Waals surface area contributed by atoms with Gasteiger partial charge in [0, 0.05) is 13.3 Å². The molecule has 0 aliphatic heterocycles. The van der Waals surface area contributed by atoms with Crippen LogP contribution in [0.5, 0.6) is 0 Å². The summed E-state index contributed by atoms with van der Waals surface area (Å²) >= 11 is 0. The fourth-order valence-corrected chi connectivity index (χ4v) is 3.84. The van der Waals surface area contributed by atoms with Crippen LogP contribution in [0.25, 0.3) is 0 Å². The van der Waals surface area contributed by atoms with Gasteiger partial charge in [0.1, 0.15) is 0 Å². The molecule has 2 unspecified atom stereocenters. The van der Waals surface area contributed by atoms with Crippen LogP contribution < -0.4 is 0 Å². The van der Waals surface area contributed by atoms with Gasteiger partial charge >= 0.3 is 0 Å². The quantitative estimate of drug-likeness (QED) is 0.686. The Morgan fingerprint density at radius 3 is 1.23 bits per heavy atom. The average Bonchev–Trinajstić information content (AvgIpc) is 1.83. The minimum absolute atomic E-state index is 1.45. The van der Waals surface area contributed by atoms with Crippen molar-refractivity contribution >= 4 is 15.0 Å². The maximum absolute atomic E-state index is 11.7. The molecule has 80 valence electrons. The van der Waals surface area contributed by atoms with Crippen molar-refractivity contribution < 1.29 is 13.4 Å². The Balaban J connectivity index is 4.63. The summed E-state index contributed by atoms with van der Waals surface area (Å²) in [7, 11) is 0.719. The molecular weight excluding hydrogens is 210 g/mol. The van der Waals surface area contributed by atoms with E-state index in [0.717, 1.165) is 0 Å². The van der Waals surface area contributed by atoms with Crippen LogP contribution in [0, 0.1) is 0 Å². The highest BCUT2D eigenvalue weighted by Gasteiger charge is 2.30. The smallest absolute Gasteiger partial charge is 0.275 e. The Hall–Kier alpha value is 0.340. The van der Waals surface area contributed by atoms with Crippen molar-refractivity contribution in [3.8, 4) is 0 Å². The van der Waals surface area contributed by atoms with Gasteiger partial charge in [-0.3, -0.25) is 9.13 Å². The summed E-state index contributed by atoms with van der Waals surface area (Å²) in [5.41, 5.74) is 0. The lowest BCUT2D eigenvalue weighted by Crippen LogP contribution is -2.14. The molecule has 2 atom stereocenters. The summed E-state index contributed by atoms with van der Waals surface area (Å²) < 4.78 is 31.5. The molecule has 5 nitrogen and oxygen atoms in total. The van der Waals surface area contributed by atoms with Crippen LogP contribution in [0.4, 0.5) is 0 Å². The van der Waals surface area contributed by atoms with Gasteiger partial charge in [0.2, 0.25) is 0 Å². The second-order valence-electron chi connectivity index (χ2n) is 3.38. The van der Waals surface area contributed by atoms with Gasteiger partial charge in [0.05, 0.1) is 0 Å². The van der Waals surface area contributed by atoms with Crippen LogP contribution in [0.15, 0.2) is 0 Å². The van der Waals surface area contributed by atoms with Gasteiger partial charge < -0.3 is 0 Å². The predicted molar refractivity (Wildman–Crippen MR) is 55.5 cm³/mol. The number of rotatable bonds is 4. The minimum atomic E-state index is -2.91. The van der Waals surface area contributed by atoms with E-state index >= 15 is 0 Å². The van der Waals surface area contributed by atoms with Crippen LogP contribution in [0.3, 0.4) is 0 Å². The highest BCUT2D eigenvalue weighted by Crippen LogP contribution is 2.61. The second kappa shape index (κ2) is 4.24. The number of nitrogens with zero attached hydrogens (tertiary/aromatic N) is 2. The normalized spacial score (nSPS) is 21.5. The Bertz CT molecular complexity index is 239. The molecule has 0 aromatic heterocycles. The van der Waals surface area contributed by atoms with Crippen molar-refractivity contribution in [3.63, 3.8) is 0 Å². The molecule has 0 aromatic rings. The lowest BCUT2D eigenvalue weighted by atomic mass is 11.3. The van der Waals surface area contributed by atoms with Crippen molar-refractivity contribution in [1.29, 1.82) is 0 Å². The first kappa shape index (κ1) is 13.3. The zero-order valence-electron chi connectivity index (χ0n) is 9.01. The average molecular weight is 228 g/mol. The topological polar surface area (TPSA) is 49.9 Å². The second-order valence-corrected chi connectivity index (χ2v) is 8.85. The number of hydrogen-bond donors (Lipinski definition) is 0. The molecule has 7 heteroatoms. The van der Waals surface area contributed by atoms with Crippen LogP contribution >= 0.6 is 15.0 Å². The van der Waals surface area contributed by atoms with Crippen LogP contribution in [0.1, 0.15) is 0 Å². The minimum Gasteiger partial charge on any atom is -0.275 e. The lowest BCUT2D eigenvalue weighted by molar-refractivity contribution is 0.384. The molecule has 13 heavy (non-hydrogen) atoms. The standard InChI is InChI=1S/C6H18N2O3P2/c1-7(2)12(5,9)11-13(6,10)8(3)4/h1-6H3. The molecule has 0 saturated heterocycles. The molecule has 0 rings (SSSR count). The zero-order chi connectivity index (χ0) is 10.9. The predicted octanol–water partition coefficient (Wildman–Crippen LogP) is 1.77. The van der Waals surface area contributed by atoms with Crippen LogP contribution in [0.2, 0.25) is 0 Å². The number of hydrogen-bond acceptors (Lipinski definition) is 3. The molecule has 0 fully saturated rings. The van der Waals surface area contributed by atoms with Crippen LogP contribution in [-0.2, 0) is 13.4 Å². The van der Waals surface area contributed by atoms with E-state index in [2.05, 4.69) is 0 Å². The van der Waals surface area contributed by atoms with Crippen molar-refractivity contribution in [3.05, 3.63) is 0 Å². The van der Waals surface area contributed by atoms with Crippen molar-refractivity contribution in [2.24, 2.45) is 0 Å². The molecule has 0 N–H and O–H groups in total. The fourth-order valence-electron chi connectivity index (χ4n) is 0.427. The largest absolute Gasteiger partial charge is 0.275 e. The van der Waals surface area contributed by atoms with Gasteiger partial charge in [0.15, 0.2) is 0 Å². The third kappa shape index (κ3) is 3.92. The summed E-state index contributed by atoms with van der Waals surface area (Å²) in [4.78, 5) is 0. The lowest BCUT2D eigenvalue weighted by Gasteiger charge is -2.27. The molecular formula is C6H18N2O3P2. The van der Waals surface area contributed by atoms with E-state index in [0.29, 0.717) is 0 Å².